The van der Waals surface area contributed by atoms with Gasteiger partial charge in [0.05, 0.1) is 12.1 Å². The Hall–Kier alpha value is -1.36. The van der Waals surface area contributed by atoms with Crippen molar-refractivity contribution >= 4 is 11.6 Å². The maximum Gasteiger partial charge on any atom is 0.134 e. The van der Waals surface area contributed by atoms with Gasteiger partial charge in [0, 0.05) is 5.56 Å². The van der Waals surface area contributed by atoms with E-state index in [1.807, 2.05) is 6.92 Å². The van der Waals surface area contributed by atoms with Gasteiger partial charge < -0.3 is 16.2 Å². The fourth-order valence-corrected chi connectivity index (χ4v) is 2.80. The minimum atomic E-state index is -0.261. The minimum absolute atomic E-state index is 0.126. The lowest BCUT2D eigenvalue weighted by Gasteiger charge is -2.40. The average Bonchev–Trinajstić information content (AvgIpc) is 2.35. The maximum absolute atomic E-state index is 9.74. The van der Waals surface area contributed by atoms with Gasteiger partial charge in [0.15, 0.2) is 0 Å². The first-order valence-electron chi connectivity index (χ1n) is 6.52. The summed E-state index contributed by atoms with van der Waals surface area (Å²) in [5.41, 5.74) is 6.37. The summed E-state index contributed by atoms with van der Waals surface area (Å²) >= 11 is 0. The molecule has 1 aliphatic carbocycles. The van der Waals surface area contributed by atoms with Crippen LogP contribution >= 0.6 is 0 Å². The molecule has 2 atom stereocenters. The summed E-state index contributed by atoms with van der Waals surface area (Å²) in [5.74, 6) is 1.85. The number of aromatic nitrogens is 2. The standard InChI is InChI=1S/C13H22N4O/c1-9-4-3-5-13(6-9,7-18)17-12-10(2)11(14)15-8-16-12/h8-9,18H,3-7H2,1-2H3,(H3,14,15,16,17). The molecule has 5 heteroatoms. The van der Waals surface area contributed by atoms with Gasteiger partial charge in [-0.05, 0) is 25.7 Å². The highest BCUT2D eigenvalue weighted by atomic mass is 16.3. The van der Waals surface area contributed by atoms with Crippen molar-refractivity contribution in [2.24, 2.45) is 5.92 Å². The van der Waals surface area contributed by atoms with Crippen LogP contribution in [0.5, 0.6) is 0 Å². The molecule has 0 aliphatic heterocycles. The highest BCUT2D eigenvalue weighted by Gasteiger charge is 2.35. The summed E-state index contributed by atoms with van der Waals surface area (Å²) < 4.78 is 0. The van der Waals surface area contributed by atoms with Gasteiger partial charge in [0.1, 0.15) is 18.0 Å². The molecule has 1 fully saturated rings. The van der Waals surface area contributed by atoms with Gasteiger partial charge in [-0.15, -0.1) is 0 Å². The van der Waals surface area contributed by atoms with E-state index in [9.17, 15) is 5.11 Å². The Kier molecular flexibility index (Phi) is 3.71. The number of rotatable bonds is 3. The predicted molar refractivity (Wildman–Crippen MR) is 72.3 cm³/mol. The van der Waals surface area contributed by atoms with Crippen LogP contribution in [0.2, 0.25) is 0 Å². The molecule has 0 aromatic carbocycles. The smallest absolute Gasteiger partial charge is 0.134 e. The topological polar surface area (TPSA) is 84.1 Å². The molecule has 2 rings (SSSR count). The first-order valence-corrected chi connectivity index (χ1v) is 6.52. The Bertz CT molecular complexity index is 423. The van der Waals surface area contributed by atoms with Crippen LogP contribution < -0.4 is 11.1 Å². The molecule has 1 aromatic rings. The summed E-state index contributed by atoms with van der Waals surface area (Å²) in [6, 6.07) is 0. The van der Waals surface area contributed by atoms with E-state index in [0.29, 0.717) is 11.7 Å². The maximum atomic E-state index is 9.74. The molecule has 18 heavy (non-hydrogen) atoms. The van der Waals surface area contributed by atoms with Crippen LogP contribution in [0.25, 0.3) is 0 Å². The number of anilines is 2. The molecular formula is C13H22N4O. The molecule has 0 radical (unpaired) electrons. The van der Waals surface area contributed by atoms with Gasteiger partial charge >= 0.3 is 0 Å². The predicted octanol–water partition coefficient (Wildman–Crippen LogP) is 1.72. The molecule has 0 amide bonds. The fourth-order valence-electron chi connectivity index (χ4n) is 2.80. The summed E-state index contributed by atoms with van der Waals surface area (Å²) in [5, 5.41) is 13.1. The monoisotopic (exact) mass is 250 g/mol. The molecule has 0 spiro atoms. The van der Waals surface area contributed by atoms with Crippen molar-refractivity contribution in [3.8, 4) is 0 Å². The summed E-state index contributed by atoms with van der Waals surface area (Å²) in [4.78, 5) is 8.20. The third-order valence-electron chi connectivity index (χ3n) is 3.90. The van der Waals surface area contributed by atoms with Crippen LogP contribution in [0.4, 0.5) is 11.6 Å². The SMILES string of the molecule is Cc1c(N)ncnc1NC1(CO)CCCC(C)C1. The Morgan fingerprint density at radius 1 is 1.56 bits per heavy atom. The molecule has 0 saturated heterocycles. The molecule has 1 aromatic heterocycles. The number of hydrogen-bond donors (Lipinski definition) is 3. The Labute approximate surface area is 108 Å². The van der Waals surface area contributed by atoms with E-state index in [1.165, 1.54) is 12.7 Å². The number of nitrogens with zero attached hydrogens (tertiary/aromatic N) is 2. The zero-order chi connectivity index (χ0) is 13.2. The summed E-state index contributed by atoms with van der Waals surface area (Å²) in [7, 11) is 0. The van der Waals surface area contributed by atoms with Crippen molar-refractivity contribution in [2.45, 2.75) is 45.1 Å². The highest BCUT2D eigenvalue weighted by molar-refractivity contribution is 5.55. The molecule has 2 unspecified atom stereocenters. The van der Waals surface area contributed by atoms with E-state index in [2.05, 4.69) is 22.2 Å². The van der Waals surface area contributed by atoms with Gasteiger partial charge in [-0.1, -0.05) is 19.8 Å². The normalized spacial score (nSPS) is 28.1. The van der Waals surface area contributed by atoms with Gasteiger partial charge in [-0.2, -0.15) is 0 Å². The number of hydrogen-bond acceptors (Lipinski definition) is 5. The van der Waals surface area contributed by atoms with E-state index in [0.717, 1.165) is 30.6 Å². The van der Waals surface area contributed by atoms with Crippen LogP contribution in [0, 0.1) is 12.8 Å². The van der Waals surface area contributed by atoms with Crippen molar-refractivity contribution in [1.29, 1.82) is 0 Å². The Morgan fingerprint density at radius 3 is 3.00 bits per heavy atom. The van der Waals surface area contributed by atoms with E-state index < -0.39 is 0 Å². The van der Waals surface area contributed by atoms with Crippen molar-refractivity contribution in [2.75, 3.05) is 17.7 Å². The average molecular weight is 250 g/mol. The van der Waals surface area contributed by atoms with Crippen molar-refractivity contribution in [3.63, 3.8) is 0 Å². The summed E-state index contributed by atoms with van der Waals surface area (Å²) in [6.45, 7) is 4.25. The molecule has 4 N–H and O–H groups in total. The first-order chi connectivity index (χ1) is 8.56. The van der Waals surface area contributed by atoms with Crippen molar-refractivity contribution < 1.29 is 5.11 Å². The molecule has 100 valence electrons. The van der Waals surface area contributed by atoms with E-state index in [1.54, 1.807) is 0 Å². The minimum Gasteiger partial charge on any atom is -0.394 e. The zero-order valence-corrected chi connectivity index (χ0v) is 11.1. The lowest BCUT2D eigenvalue weighted by atomic mass is 9.77. The van der Waals surface area contributed by atoms with Crippen LogP contribution in [-0.2, 0) is 0 Å². The number of nitrogen functional groups attached to an aromatic ring is 1. The lowest BCUT2D eigenvalue weighted by Crippen LogP contribution is -2.46. The van der Waals surface area contributed by atoms with Gasteiger partial charge in [0.25, 0.3) is 0 Å². The van der Waals surface area contributed by atoms with Gasteiger partial charge in [-0.25, -0.2) is 9.97 Å². The molecular weight excluding hydrogens is 228 g/mol. The number of aliphatic hydroxyl groups is 1. The van der Waals surface area contributed by atoms with Crippen molar-refractivity contribution in [1.82, 2.24) is 9.97 Å². The van der Waals surface area contributed by atoms with Gasteiger partial charge in [0.2, 0.25) is 0 Å². The van der Waals surface area contributed by atoms with Crippen LogP contribution in [0.3, 0.4) is 0 Å². The number of nitrogens with two attached hydrogens (primary N) is 1. The lowest BCUT2D eigenvalue weighted by molar-refractivity contribution is 0.149. The molecule has 1 aliphatic rings. The molecule has 0 bridgehead atoms. The van der Waals surface area contributed by atoms with Crippen LogP contribution in [-0.4, -0.2) is 27.2 Å². The van der Waals surface area contributed by atoms with E-state index in [-0.39, 0.29) is 12.1 Å². The van der Waals surface area contributed by atoms with Crippen LogP contribution in [0.1, 0.15) is 38.2 Å². The molecule has 1 saturated carbocycles. The Morgan fingerprint density at radius 2 is 2.33 bits per heavy atom. The highest BCUT2D eigenvalue weighted by Crippen LogP contribution is 2.35. The summed E-state index contributed by atoms with van der Waals surface area (Å²) in [6.07, 6.45) is 5.76. The Balaban J connectivity index is 2.22. The second kappa shape index (κ2) is 5.10. The quantitative estimate of drug-likeness (QED) is 0.760. The third kappa shape index (κ3) is 2.56. The van der Waals surface area contributed by atoms with E-state index >= 15 is 0 Å². The first kappa shape index (κ1) is 13.1. The molecule has 5 nitrogen and oxygen atoms in total. The number of aliphatic hydroxyl groups excluding tert-OH is 1. The second-order valence-electron chi connectivity index (χ2n) is 5.50. The number of nitrogens with one attached hydrogen (secondary N) is 1. The third-order valence-corrected chi connectivity index (χ3v) is 3.90. The van der Waals surface area contributed by atoms with Crippen molar-refractivity contribution in [3.05, 3.63) is 11.9 Å². The second-order valence-corrected chi connectivity index (χ2v) is 5.50. The largest absolute Gasteiger partial charge is 0.394 e. The van der Waals surface area contributed by atoms with E-state index in [4.69, 9.17) is 5.73 Å². The fraction of sp³-hybridized carbons (Fsp3) is 0.692. The van der Waals surface area contributed by atoms with Gasteiger partial charge in [-0.3, -0.25) is 0 Å². The zero-order valence-electron chi connectivity index (χ0n) is 11.1. The molecule has 1 heterocycles. The van der Waals surface area contributed by atoms with Crippen LogP contribution in [0.15, 0.2) is 6.33 Å².